The number of imide groups is 1. The average molecular weight is 381 g/mol. The Kier molecular flexibility index (Phi) is 3.05. The Morgan fingerprint density at radius 1 is 0.828 bits per heavy atom. The van der Waals surface area contributed by atoms with E-state index >= 15 is 0 Å². The number of phenolic OH excluding ortho intramolecular Hbond substituents is 1. The number of anilines is 1. The van der Waals surface area contributed by atoms with Gasteiger partial charge in [-0.1, -0.05) is 54.6 Å². The van der Waals surface area contributed by atoms with Crippen molar-refractivity contribution in [1.29, 1.82) is 0 Å². The largest absolute Gasteiger partial charge is 0.508 e. The van der Waals surface area contributed by atoms with Crippen molar-refractivity contribution >= 4 is 17.5 Å². The fourth-order valence-electron chi connectivity index (χ4n) is 5.99. The molecule has 2 bridgehead atoms. The molecular weight excluding hydrogens is 362 g/mol. The second kappa shape index (κ2) is 5.35. The Morgan fingerprint density at radius 3 is 2.00 bits per heavy atom. The minimum atomic E-state index is -0.851. The molecule has 0 spiro atoms. The van der Waals surface area contributed by atoms with E-state index in [-0.39, 0.29) is 29.4 Å². The first kappa shape index (κ1) is 16.5. The lowest BCUT2D eigenvalue weighted by Gasteiger charge is -2.51. The SMILES string of the molecule is C[C@@]12C(=O)N(c3cccc(O)c3)C(=O)[C@@H]1C1c3ccccc3C2c2ccccc21. The van der Waals surface area contributed by atoms with Gasteiger partial charge in [0.2, 0.25) is 11.8 Å². The number of benzene rings is 3. The van der Waals surface area contributed by atoms with E-state index in [0.29, 0.717) is 5.69 Å². The molecule has 1 aliphatic heterocycles. The van der Waals surface area contributed by atoms with Crippen molar-refractivity contribution in [3.05, 3.63) is 95.1 Å². The van der Waals surface area contributed by atoms with Gasteiger partial charge in [0.15, 0.2) is 0 Å². The number of aromatic hydroxyl groups is 1. The van der Waals surface area contributed by atoms with Gasteiger partial charge in [-0.25, -0.2) is 4.90 Å². The van der Waals surface area contributed by atoms with Crippen LogP contribution in [0.1, 0.15) is 41.0 Å². The quantitative estimate of drug-likeness (QED) is 0.644. The molecule has 29 heavy (non-hydrogen) atoms. The van der Waals surface area contributed by atoms with Crippen molar-refractivity contribution in [3.8, 4) is 5.75 Å². The van der Waals surface area contributed by atoms with Crippen LogP contribution in [0.15, 0.2) is 72.8 Å². The highest BCUT2D eigenvalue weighted by atomic mass is 16.3. The van der Waals surface area contributed by atoms with E-state index in [0.717, 1.165) is 22.3 Å². The molecule has 0 unspecified atom stereocenters. The number of phenols is 1. The first-order valence-electron chi connectivity index (χ1n) is 9.88. The number of amides is 2. The molecule has 0 radical (unpaired) electrons. The molecule has 2 atom stereocenters. The second-order valence-electron chi connectivity index (χ2n) is 8.43. The second-order valence-corrected chi connectivity index (χ2v) is 8.43. The Hall–Kier alpha value is -3.40. The van der Waals surface area contributed by atoms with E-state index in [1.54, 1.807) is 18.2 Å². The number of carbonyl (C=O) groups is 2. The van der Waals surface area contributed by atoms with Gasteiger partial charge < -0.3 is 5.11 Å². The lowest BCUT2D eigenvalue weighted by molar-refractivity contribution is -0.128. The van der Waals surface area contributed by atoms with Gasteiger partial charge in [-0.2, -0.15) is 0 Å². The third kappa shape index (κ3) is 1.84. The number of hydrogen-bond acceptors (Lipinski definition) is 3. The van der Waals surface area contributed by atoms with Crippen LogP contribution in [0.4, 0.5) is 5.69 Å². The van der Waals surface area contributed by atoms with Crippen molar-refractivity contribution in [2.45, 2.75) is 18.8 Å². The van der Waals surface area contributed by atoms with Crippen LogP contribution in [0.2, 0.25) is 0 Å². The summed E-state index contributed by atoms with van der Waals surface area (Å²) >= 11 is 0. The van der Waals surface area contributed by atoms with Crippen LogP contribution in [0.3, 0.4) is 0 Å². The first-order valence-corrected chi connectivity index (χ1v) is 9.88. The highest BCUT2D eigenvalue weighted by Crippen LogP contribution is 2.67. The number of hydrogen-bond donors (Lipinski definition) is 1. The molecular formula is C25H19NO3. The maximum atomic E-state index is 13.8. The highest BCUT2D eigenvalue weighted by molar-refractivity contribution is 6.25. The lowest BCUT2D eigenvalue weighted by Crippen LogP contribution is -2.49. The Morgan fingerprint density at radius 2 is 1.41 bits per heavy atom. The van der Waals surface area contributed by atoms with E-state index in [1.807, 2.05) is 31.2 Å². The summed E-state index contributed by atoms with van der Waals surface area (Å²) in [4.78, 5) is 28.8. The van der Waals surface area contributed by atoms with Crippen molar-refractivity contribution in [2.75, 3.05) is 4.90 Å². The minimum Gasteiger partial charge on any atom is -0.508 e. The summed E-state index contributed by atoms with van der Waals surface area (Å²) in [7, 11) is 0. The van der Waals surface area contributed by atoms with Crippen LogP contribution in [0.5, 0.6) is 5.75 Å². The topological polar surface area (TPSA) is 57.6 Å². The molecule has 1 heterocycles. The van der Waals surface area contributed by atoms with Crippen LogP contribution in [0.25, 0.3) is 0 Å². The summed E-state index contributed by atoms with van der Waals surface area (Å²) in [6, 6.07) is 22.8. The molecule has 0 saturated carbocycles. The molecule has 1 saturated heterocycles. The van der Waals surface area contributed by atoms with Crippen molar-refractivity contribution < 1.29 is 14.7 Å². The van der Waals surface area contributed by atoms with Crippen LogP contribution >= 0.6 is 0 Å². The molecule has 4 aliphatic rings. The molecule has 3 aromatic rings. The molecule has 142 valence electrons. The van der Waals surface area contributed by atoms with Crippen LogP contribution in [-0.4, -0.2) is 16.9 Å². The summed E-state index contributed by atoms with van der Waals surface area (Å²) in [6.07, 6.45) is 0. The fraction of sp³-hybridized carbons (Fsp3) is 0.200. The van der Waals surface area contributed by atoms with E-state index < -0.39 is 11.3 Å². The standard InChI is InChI=1S/C25H19NO3/c1-25-21-18-11-4-2-9-16(18)20(17-10-3-5-12-19(17)21)22(25)23(28)26(24(25)29)14-7-6-8-15(27)13-14/h2-13,20-22,27H,1H3/t20?,21?,22-,25-/m0/s1. The average Bonchev–Trinajstić information content (AvgIpc) is 2.94. The summed E-state index contributed by atoms with van der Waals surface area (Å²) in [5.74, 6) is -1.08. The van der Waals surface area contributed by atoms with Crippen molar-refractivity contribution in [1.82, 2.24) is 0 Å². The van der Waals surface area contributed by atoms with Gasteiger partial charge in [0, 0.05) is 17.9 Å². The Balaban J connectivity index is 1.63. The zero-order chi connectivity index (χ0) is 19.9. The van der Waals surface area contributed by atoms with E-state index in [4.69, 9.17) is 0 Å². The summed E-state index contributed by atoms with van der Waals surface area (Å²) < 4.78 is 0. The Labute approximate surface area is 168 Å². The molecule has 1 fully saturated rings. The number of nitrogens with zero attached hydrogens (tertiary/aromatic N) is 1. The van der Waals surface area contributed by atoms with Crippen molar-refractivity contribution in [3.63, 3.8) is 0 Å². The molecule has 3 aliphatic carbocycles. The number of carbonyl (C=O) groups excluding carboxylic acids is 2. The summed E-state index contributed by atoms with van der Waals surface area (Å²) in [6.45, 7) is 1.95. The first-order chi connectivity index (χ1) is 14.0. The summed E-state index contributed by atoms with van der Waals surface area (Å²) in [5.41, 5.74) is 4.18. The monoisotopic (exact) mass is 381 g/mol. The maximum Gasteiger partial charge on any atom is 0.241 e. The van der Waals surface area contributed by atoms with Gasteiger partial charge in [0.05, 0.1) is 17.0 Å². The third-order valence-electron chi connectivity index (χ3n) is 7.10. The van der Waals surface area contributed by atoms with Gasteiger partial charge in [0.25, 0.3) is 0 Å². The molecule has 0 aromatic heterocycles. The van der Waals surface area contributed by atoms with Crippen LogP contribution in [0, 0.1) is 11.3 Å². The normalized spacial score (nSPS) is 28.9. The molecule has 1 N–H and O–H groups in total. The zero-order valence-corrected chi connectivity index (χ0v) is 15.9. The fourth-order valence-corrected chi connectivity index (χ4v) is 5.99. The molecule has 4 nitrogen and oxygen atoms in total. The van der Waals surface area contributed by atoms with E-state index in [1.165, 1.54) is 11.0 Å². The van der Waals surface area contributed by atoms with Crippen molar-refractivity contribution in [2.24, 2.45) is 11.3 Å². The molecule has 4 heteroatoms. The predicted molar refractivity (Wildman–Crippen MR) is 109 cm³/mol. The number of rotatable bonds is 1. The van der Waals surface area contributed by atoms with Crippen LogP contribution in [-0.2, 0) is 9.59 Å². The predicted octanol–water partition coefficient (Wildman–Crippen LogP) is 4.18. The van der Waals surface area contributed by atoms with Gasteiger partial charge in [-0.05, 0) is 41.3 Å². The minimum absolute atomic E-state index is 0.0395. The van der Waals surface area contributed by atoms with E-state index in [9.17, 15) is 14.7 Å². The lowest BCUT2D eigenvalue weighted by atomic mass is 9.48. The molecule has 7 rings (SSSR count). The zero-order valence-electron chi connectivity index (χ0n) is 15.9. The summed E-state index contributed by atoms with van der Waals surface area (Å²) in [5, 5.41) is 9.92. The smallest absolute Gasteiger partial charge is 0.241 e. The maximum absolute atomic E-state index is 13.8. The van der Waals surface area contributed by atoms with Gasteiger partial charge in [0.1, 0.15) is 5.75 Å². The van der Waals surface area contributed by atoms with Gasteiger partial charge in [-0.3, -0.25) is 9.59 Å². The van der Waals surface area contributed by atoms with Crippen LogP contribution < -0.4 is 4.90 Å². The highest BCUT2D eigenvalue weighted by Gasteiger charge is 2.68. The van der Waals surface area contributed by atoms with Gasteiger partial charge in [-0.15, -0.1) is 0 Å². The third-order valence-corrected chi connectivity index (χ3v) is 7.10. The molecule has 2 amide bonds. The van der Waals surface area contributed by atoms with Gasteiger partial charge >= 0.3 is 0 Å². The molecule has 3 aromatic carbocycles. The van der Waals surface area contributed by atoms with E-state index in [2.05, 4.69) is 24.3 Å². The Bertz CT molecular complexity index is 1170.